The highest BCUT2D eigenvalue weighted by atomic mass is 16.5. The number of amides is 1. The molecule has 142 valence electrons. The standard InChI is InChI=1S/C23H28N2O2/c1-18(13-19-7-3-2-4-8-19)15-24-16-20-9-5-10-21(14-20)23(26)25-17-22-11-6-12-27-22/h2-5,7-10,13-14,22,24H,6,11-12,15-17H2,1H3,(H,25,26)/b18-13-. The predicted molar refractivity (Wildman–Crippen MR) is 110 cm³/mol. The Labute approximate surface area is 161 Å². The molecule has 1 fully saturated rings. The molecule has 27 heavy (non-hydrogen) atoms. The smallest absolute Gasteiger partial charge is 0.251 e. The SMILES string of the molecule is C/C(=C/c1ccccc1)CNCc1cccc(C(=O)NCC2CCCO2)c1. The van der Waals surface area contributed by atoms with Gasteiger partial charge in [0.05, 0.1) is 6.10 Å². The van der Waals surface area contributed by atoms with Crippen LogP contribution in [0.1, 0.15) is 41.3 Å². The fourth-order valence-corrected chi connectivity index (χ4v) is 3.23. The van der Waals surface area contributed by atoms with Crippen molar-refractivity contribution in [3.63, 3.8) is 0 Å². The van der Waals surface area contributed by atoms with Gasteiger partial charge in [0.2, 0.25) is 0 Å². The second-order valence-corrected chi connectivity index (χ2v) is 7.05. The van der Waals surface area contributed by atoms with Gasteiger partial charge in [-0.15, -0.1) is 0 Å². The third-order valence-corrected chi connectivity index (χ3v) is 4.65. The zero-order chi connectivity index (χ0) is 18.9. The lowest BCUT2D eigenvalue weighted by Crippen LogP contribution is -2.31. The lowest BCUT2D eigenvalue weighted by Gasteiger charge is -2.11. The van der Waals surface area contributed by atoms with Crippen LogP contribution in [0.4, 0.5) is 0 Å². The molecule has 1 aliphatic rings. The van der Waals surface area contributed by atoms with Crippen LogP contribution in [0.3, 0.4) is 0 Å². The van der Waals surface area contributed by atoms with Gasteiger partial charge in [0.15, 0.2) is 0 Å². The molecule has 1 unspecified atom stereocenters. The summed E-state index contributed by atoms with van der Waals surface area (Å²) in [5, 5.41) is 6.42. The summed E-state index contributed by atoms with van der Waals surface area (Å²) in [6, 6.07) is 18.1. The summed E-state index contributed by atoms with van der Waals surface area (Å²) in [6.07, 6.45) is 4.46. The van der Waals surface area contributed by atoms with Crippen LogP contribution in [0.25, 0.3) is 6.08 Å². The average molecular weight is 364 g/mol. The summed E-state index contributed by atoms with van der Waals surface area (Å²) in [4.78, 5) is 12.3. The van der Waals surface area contributed by atoms with E-state index in [-0.39, 0.29) is 12.0 Å². The second kappa shape index (κ2) is 10.0. The van der Waals surface area contributed by atoms with Gasteiger partial charge < -0.3 is 15.4 Å². The van der Waals surface area contributed by atoms with E-state index in [9.17, 15) is 4.79 Å². The first-order chi connectivity index (χ1) is 13.2. The zero-order valence-corrected chi connectivity index (χ0v) is 15.9. The van der Waals surface area contributed by atoms with Gasteiger partial charge >= 0.3 is 0 Å². The Morgan fingerprint density at radius 2 is 2.04 bits per heavy atom. The molecule has 0 aliphatic carbocycles. The van der Waals surface area contributed by atoms with Gasteiger partial charge in [0, 0.05) is 31.8 Å². The Balaban J connectivity index is 1.47. The first-order valence-corrected chi connectivity index (χ1v) is 9.62. The van der Waals surface area contributed by atoms with Crippen molar-refractivity contribution in [3.8, 4) is 0 Å². The molecule has 2 aromatic carbocycles. The average Bonchev–Trinajstić information content (AvgIpc) is 3.21. The maximum atomic E-state index is 12.3. The third kappa shape index (κ3) is 6.35. The van der Waals surface area contributed by atoms with Crippen molar-refractivity contribution in [3.05, 3.63) is 76.9 Å². The van der Waals surface area contributed by atoms with Crippen LogP contribution < -0.4 is 10.6 Å². The summed E-state index contributed by atoms with van der Waals surface area (Å²) < 4.78 is 5.55. The van der Waals surface area contributed by atoms with Crippen LogP contribution in [0.2, 0.25) is 0 Å². The van der Waals surface area contributed by atoms with Gasteiger partial charge in [-0.1, -0.05) is 54.1 Å². The Kier molecular flexibility index (Phi) is 7.19. The van der Waals surface area contributed by atoms with Crippen LogP contribution in [0.5, 0.6) is 0 Å². The topological polar surface area (TPSA) is 50.4 Å². The molecule has 0 saturated carbocycles. The highest BCUT2D eigenvalue weighted by molar-refractivity contribution is 5.94. The van der Waals surface area contributed by atoms with Gasteiger partial charge in [0.25, 0.3) is 5.91 Å². The molecular formula is C23H28N2O2. The van der Waals surface area contributed by atoms with E-state index in [2.05, 4.69) is 35.8 Å². The molecular weight excluding hydrogens is 336 g/mol. The summed E-state index contributed by atoms with van der Waals surface area (Å²) in [6.45, 7) is 5.05. The first-order valence-electron chi connectivity index (χ1n) is 9.62. The van der Waals surface area contributed by atoms with E-state index < -0.39 is 0 Å². The van der Waals surface area contributed by atoms with E-state index in [0.29, 0.717) is 12.1 Å². The minimum Gasteiger partial charge on any atom is -0.376 e. The molecule has 0 aromatic heterocycles. The monoisotopic (exact) mass is 364 g/mol. The molecule has 0 radical (unpaired) electrons. The zero-order valence-electron chi connectivity index (χ0n) is 15.9. The second-order valence-electron chi connectivity index (χ2n) is 7.05. The fourth-order valence-electron chi connectivity index (χ4n) is 3.23. The number of carbonyl (C=O) groups excluding carboxylic acids is 1. The molecule has 2 aromatic rings. The largest absolute Gasteiger partial charge is 0.376 e. The van der Waals surface area contributed by atoms with Crippen molar-refractivity contribution < 1.29 is 9.53 Å². The van der Waals surface area contributed by atoms with Gasteiger partial charge in [0.1, 0.15) is 0 Å². The van der Waals surface area contributed by atoms with Crippen molar-refractivity contribution in [1.29, 1.82) is 0 Å². The number of rotatable bonds is 8. The highest BCUT2D eigenvalue weighted by Crippen LogP contribution is 2.11. The Morgan fingerprint density at radius 1 is 1.19 bits per heavy atom. The maximum absolute atomic E-state index is 12.3. The number of hydrogen-bond acceptors (Lipinski definition) is 3. The summed E-state index contributed by atoms with van der Waals surface area (Å²) in [5.41, 5.74) is 4.28. The van der Waals surface area contributed by atoms with Crippen molar-refractivity contribution in [2.24, 2.45) is 0 Å². The van der Waals surface area contributed by atoms with E-state index in [1.807, 2.05) is 42.5 Å². The number of nitrogens with one attached hydrogen (secondary N) is 2. The minimum atomic E-state index is -0.0347. The van der Waals surface area contributed by atoms with E-state index >= 15 is 0 Å². The van der Waals surface area contributed by atoms with E-state index in [1.165, 1.54) is 11.1 Å². The normalized spacial score (nSPS) is 17.1. The van der Waals surface area contributed by atoms with Crippen LogP contribution in [0.15, 0.2) is 60.2 Å². The van der Waals surface area contributed by atoms with E-state index in [0.717, 1.165) is 38.1 Å². The van der Waals surface area contributed by atoms with Crippen LogP contribution in [-0.4, -0.2) is 31.7 Å². The molecule has 0 bridgehead atoms. The van der Waals surface area contributed by atoms with Gasteiger partial charge in [-0.25, -0.2) is 0 Å². The highest BCUT2D eigenvalue weighted by Gasteiger charge is 2.16. The summed E-state index contributed by atoms with van der Waals surface area (Å²) in [7, 11) is 0. The number of carbonyl (C=O) groups is 1. The summed E-state index contributed by atoms with van der Waals surface area (Å²) >= 11 is 0. The molecule has 4 heteroatoms. The molecule has 1 saturated heterocycles. The number of hydrogen-bond donors (Lipinski definition) is 2. The molecule has 1 heterocycles. The van der Waals surface area contributed by atoms with Crippen molar-refractivity contribution >= 4 is 12.0 Å². The maximum Gasteiger partial charge on any atom is 0.251 e. The Morgan fingerprint density at radius 3 is 2.81 bits per heavy atom. The van der Waals surface area contributed by atoms with Gasteiger partial charge in [-0.2, -0.15) is 0 Å². The van der Waals surface area contributed by atoms with Crippen LogP contribution >= 0.6 is 0 Å². The van der Waals surface area contributed by atoms with Gasteiger partial charge in [-0.3, -0.25) is 4.79 Å². The predicted octanol–water partition coefficient (Wildman–Crippen LogP) is 3.79. The molecule has 4 nitrogen and oxygen atoms in total. The Hall–Kier alpha value is -2.43. The lowest BCUT2D eigenvalue weighted by atomic mass is 10.1. The van der Waals surface area contributed by atoms with Crippen molar-refractivity contribution in [2.75, 3.05) is 19.7 Å². The molecule has 2 N–H and O–H groups in total. The van der Waals surface area contributed by atoms with Gasteiger partial charge in [-0.05, 0) is 43.0 Å². The Bertz CT molecular complexity index is 765. The van der Waals surface area contributed by atoms with Crippen molar-refractivity contribution in [1.82, 2.24) is 10.6 Å². The van der Waals surface area contributed by atoms with E-state index in [4.69, 9.17) is 4.74 Å². The lowest BCUT2D eigenvalue weighted by molar-refractivity contribution is 0.0857. The quantitative estimate of drug-likeness (QED) is 0.749. The third-order valence-electron chi connectivity index (χ3n) is 4.65. The molecule has 1 aliphatic heterocycles. The number of benzene rings is 2. The molecule has 3 rings (SSSR count). The molecule has 0 spiro atoms. The molecule has 1 amide bonds. The fraction of sp³-hybridized carbons (Fsp3) is 0.348. The van der Waals surface area contributed by atoms with Crippen molar-refractivity contribution in [2.45, 2.75) is 32.4 Å². The van der Waals surface area contributed by atoms with Crippen LogP contribution in [0, 0.1) is 0 Å². The number of ether oxygens (including phenoxy) is 1. The minimum absolute atomic E-state index is 0.0347. The molecule has 1 atom stereocenters. The first kappa shape index (κ1) is 19.3. The van der Waals surface area contributed by atoms with Crippen LogP contribution in [-0.2, 0) is 11.3 Å². The summed E-state index contributed by atoms with van der Waals surface area (Å²) in [5.74, 6) is -0.0347. The van der Waals surface area contributed by atoms with E-state index in [1.54, 1.807) is 0 Å².